The lowest BCUT2D eigenvalue weighted by Crippen LogP contribution is -2.23. The summed E-state index contributed by atoms with van der Waals surface area (Å²) in [6.45, 7) is -0.207. The van der Waals surface area contributed by atoms with E-state index in [2.05, 4.69) is 10.1 Å². The maximum atomic E-state index is 12.2. The monoisotopic (exact) mass is 327 g/mol. The smallest absolute Gasteiger partial charge is 0.406 e. The van der Waals surface area contributed by atoms with Crippen LogP contribution in [0.1, 0.15) is 0 Å². The molecule has 124 valence electrons. The molecule has 0 radical (unpaired) electrons. The molecule has 0 fully saturated rings. The molecule has 0 heterocycles. The minimum atomic E-state index is -4.72. The van der Waals surface area contributed by atoms with Crippen molar-refractivity contribution in [2.45, 2.75) is 12.5 Å². The average molecular weight is 327 g/mol. The fraction of sp³-hybridized carbons (Fsp3) is 0.250. The molecule has 1 unspecified atom stereocenters. The second kappa shape index (κ2) is 7.34. The van der Waals surface area contributed by atoms with E-state index in [1.807, 2.05) is 0 Å². The highest BCUT2D eigenvalue weighted by Gasteiger charge is 2.30. The molecular weight excluding hydrogens is 311 g/mol. The van der Waals surface area contributed by atoms with Crippen molar-refractivity contribution in [3.63, 3.8) is 0 Å². The number of ether oxygens (including phenoxy) is 1. The summed E-state index contributed by atoms with van der Waals surface area (Å²) in [5, 5.41) is 21.2. The number of aliphatic hydroxyl groups excluding tert-OH is 2. The molecule has 3 N–H and O–H groups in total. The van der Waals surface area contributed by atoms with Gasteiger partial charge in [-0.2, -0.15) is 0 Å². The predicted molar refractivity (Wildman–Crippen MR) is 80.1 cm³/mol. The zero-order chi connectivity index (χ0) is 16.9. The highest BCUT2D eigenvalue weighted by Crippen LogP contribution is 2.30. The molecule has 2 aromatic carbocycles. The Morgan fingerprint density at radius 3 is 2.30 bits per heavy atom. The lowest BCUT2D eigenvalue weighted by atomic mass is 10.0. The Morgan fingerprint density at radius 2 is 1.70 bits per heavy atom. The van der Waals surface area contributed by atoms with Crippen LogP contribution in [0.5, 0.6) is 5.75 Å². The van der Waals surface area contributed by atoms with Crippen molar-refractivity contribution in [3.05, 3.63) is 48.5 Å². The van der Waals surface area contributed by atoms with Gasteiger partial charge in [0.25, 0.3) is 0 Å². The Labute approximate surface area is 131 Å². The van der Waals surface area contributed by atoms with E-state index < -0.39 is 12.5 Å². The highest BCUT2D eigenvalue weighted by molar-refractivity contribution is 5.78. The van der Waals surface area contributed by atoms with Gasteiger partial charge in [-0.25, -0.2) is 0 Å². The largest absolute Gasteiger partial charge is 0.573 e. The summed E-state index contributed by atoms with van der Waals surface area (Å²) in [5.74, 6) is -0.289. The Kier molecular flexibility index (Phi) is 5.46. The van der Waals surface area contributed by atoms with Gasteiger partial charge in [-0.3, -0.25) is 0 Å². The normalized spacial score (nSPS) is 12.7. The van der Waals surface area contributed by atoms with E-state index in [4.69, 9.17) is 5.11 Å². The Bertz CT molecular complexity index is 629. The van der Waals surface area contributed by atoms with Crippen LogP contribution in [0.4, 0.5) is 18.9 Å². The van der Waals surface area contributed by atoms with Gasteiger partial charge in [0.1, 0.15) is 5.75 Å². The second-order valence-corrected chi connectivity index (χ2v) is 4.84. The molecule has 2 aromatic rings. The number of benzene rings is 2. The number of nitrogens with one attached hydrogen (secondary N) is 1. The van der Waals surface area contributed by atoms with E-state index in [9.17, 15) is 18.3 Å². The Hall–Kier alpha value is -2.25. The number of rotatable bonds is 6. The van der Waals surface area contributed by atoms with Crippen molar-refractivity contribution >= 4 is 5.69 Å². The number of halogens is 3. The fourth-order valence-corrected chi connectivity index (χ4v) is 2.02. The molecule has 0 bridgehead atoms. The maximum absolute atomic E-state index is 12.2. The molecule has 0 aromatic heterocycles. The van der Waals surface area contributed by atoms with Crippen molar-refractivity contribution in [2.75, 3.05) is 18.5 Å². The van der Waals surface area contributed by atoms with E-state index in [1.54, 1.807) is 24.3 Å². The minimum absolute atomic E-state index is 0.156. The highest BCUT2D eigenvalue weighted by atomic mass is 19.4. The van der Waals surface area contributed by atoms with Crippen molar-refractivity contribution in [2.24, 2.45) is 0 Å². The first-order valence-corrected chi connectivity index (χ1v) is 6.87. The van der Waals surface area contributed by atoms with Gasteiger partial charge >= 0.3 is 6.36 Å². The Balaban J connectivity index is 2.18. The lowest BCUT2D eigenvalue weighted by Gasteiger charge is -2.15. The number of anilines is 1. The molecule has 0 saturated carbocycles. The summed E-state index contributed by atoms with van der Waals surface area (Å²) in [5.41, 5.74) is 2.15. The van der Waals surface area contributed by atoms with Crippen molar-refractivity contribution < 1.29 is 28.1 Å². The number of alkyl halides is 3. The van der Waals surface area contributed by atoms with E-state index >= 15 is 0 Å². The van der Waals surface area contributed by atoms with E-state index in [0.717, 1.165) is 5.56 Å². The molecule has 0 amide bonds. The van der Waals surface area contributed by atoms with Crippen LogP contribution in [-0.2, 0) is 0 Å². The average Bonchev–Trinajstić information content (AvgIpc) is 2.52. The van der Waals surface area contributed by atoms with Crippen LogP contribution >= 0.6 is 0 Å². The second-order valence-electron chi connectivity index (χ2n) is 4.84. The van der Waals surface area contributed by atoms with Gasteiger partial charge in [0.15, 0.2) is 0 Å². The first-order chi connectivity index (χ1) is 10.9. The molecule has 1 atom stereocenters. The number of aliphatic hydroxyl groups is 2. The summed E-state index contributed by atoms with van der Waals surface area (Å²) >= 11 is 0. The van der Waals surface area contributed by atoms with Crippen molar-refractivity contribution in [1.82, 2.24) is 0 Å². The van der Waals surface area contributed by atoms with Crippen molar-refractivity contribution in [1.29, 1.82) is 0 Å². The van der Waals surface area contributed by atoms with Crippen LogP contribution in [0.15, 0.2) is 48.5 Å². The van der Waals surface area contributed by atoms with Gasteiger partial charge in [0, 0.05) is 17.8 Å². The number of hydrogen-bond acceptors (Lipinski definition) is 4. The van der Waals surface area contributed by atoms with E-state index in [0.29, 0.717) is 11.3 Å². The summed E-state index contributed by atoms with van der Waals surface area (Å²) in [4.78, 5) is 0. The fourth-order valence-electron chi connectivity index (χ4n) is 2.02. The van der Waals surface area contributed by atoms with Crippen LogP contribution in [0.2, 0.25) is 0 Å². The van der Waals surface area contributed by atoms with Gasteiger partial charge in [0.05, 0.1) is 12.7 Å². The maximum Gasteiger partial charge on any atom is 0.573 e. The van der Waals surface area contributed by atoms with Gasteiger partial charge in [-0.15, -0.1) is 13.2 Å². The summed E-state index contributed by atoms with van der Waals surface area (Å²) in [6.07, 6.45) is -5.62. The molecule has 0 aliphatic carbocycles. The van der Waals surface area contributed by atoms with E-state index in [-0.39, 0.29) is 18.9 Å². The minimum Gasteiger partial charge on any atom is -0.406 e. The van der Waals surface area contributed by atoms with Crippen LogP contribution in [0.3, 0.4) is 0 Å². The van der Waals surface area contributed by atoms with Gasteiger partial charge in [-0.05, 0) is 23.8 Å². The molecule has 2 rings (SSSR count). The van der Waals surface area contributed by atoms with Crippen LogP contribution < -0.4 is 10.1 Å². The van der Waals surface area contributed by atoms with Crippen LogP contribution in [0.25, 0.3) is 11.1 Å². The van der Waals surface area contributed by atoms with Crippen LogP contribution in [0, 0.1) is 0 Å². The quantitative estimate of drug-likeness (QED) is 0.763. The zero-order valence-electron chi connectivity index (χ0n) is 12.0. The zero-order valence-corrected chi connectivity index (χ0v) is 12.0. The number of para-hydroxylation sites is 1. The summed E-state index contributed by atoms with van der Waals surface area (Å²) < 4.78 is 40.3. The molecular formula is C16H16F3NO3. The molecule has 23 heavy (non-hydrogen) atoms. The predicted octanol–water partition coefficient (Wildman–Crippen LogP) is 3.02. The third-order valence-electron chi connectivity index (χ3n) is 3.06. The molecule has 0 aliphatic rings. The molecule has 0 saturated heterocycles. The van der Waals surface area contributed by atoms with E-state index in [1.165, 1.54) is 24.3 Å². The molecule has 0 aliphatic heterocycles. The number of hydrogen-bond donors (Lipinski definition) is 3. The Morgan fingerprint density at radius 1 is 1.04 bits per heavy atom. The molecule has 7 heteroatoms. The topological polar surface area (TPSA) is 61.7 Å². The van der Waals surface area contributed by atoms with Gasteiger partial charge < -0.3 is 20.3 Å². The summed E-state index contributed by atoms with van der Waals surface area (Å²) in [6, 6.07) is 12.7. The summed E-state index contributed by atoms with van der Waals surface area (Å²) in [7, 11) is 0. The standard InChI is InChI=1S/C16H16F3NO3/c17-16(18,19)23-13-7-5-11(6-8-13)14-3-1-2-4-15(14)20-9-12(22)10-21/h1-8,12,20-22H,9-10H2. The van der Waals surface area contributed by atoms with Crippen molar-refractivity contribution in [3.8, 4) is 16.9 Å². The molecule has 0 spiro atoms. The van der Waals surface area contributed by atoms with Gasteiger partial charge in [-0.1, -0.05) is 30.3 Å². The van der Waals surface area contributed by atoms with Crippen LogP contribution in [-0.4, -0.2) is 35.8 Å². The third kappa shape index (κ3) is 5.15. The molecule has 4 nitrogen and oxygen atoms in total. The first kappa shape index (κ1) is 17.1. The SMILES string of the molecule is OCC(O)CNc1ccccc1-c1ccc(OC(F)(F)F)cc1. The first-order valence-electron chi connectivity index (χ1n) is 6.87. The van der Waals surface area contributed by atoms with Gasteiger partial charge in [0.2, 0.25) is 0 Å². The third-order valence-corrected chi connectivity index (χ3v) is 3.06. The lowest BCUT2D eigenvalue weighted by molar-refractivity contribution is -0.274.